The molecule has 0 amide bonds. The molecule has 0 spiro atoms. The van der Waals surface area contributed by atoms with E-state index in [1.54, 1.807) is 6.20 Å². The van der Waals surface area contributed by atoms with E-state index in [1.165, 1.54) is 18.5 Å². The molecule has 1 aliphatic heterocycles. The number of pyridine rings is 2. The van der Waals surface area contributed by atoms with Gasteiger partial charge in [0.25, 0.3) is 0 Å². The van der Waals surface area contributed by atoms with Crippen LogP contribution in [-0.4, -0.2) is 32.4 Å². The van der Waals surface area contributed by atoms with Gasteiger partial charge in [-0.1, -0.05) is 0 Å². The van der Waals surface area contributed by atoms with Gasteiger partial charge in [-0.3, -0.25) is 9.88 Å². The van der Waals surface area contributed by atoms with Crippen LogP contribution in [0.15, 0.2) is 42.9 Å². The van der Waals surface area contributed by atoms with Gasteiger partial charge in [0.05, 0.1) is 11.4 Å². The summed E-state index contributed by atoms with van der Waals surface area (Å²) >= 11 is 0. The molecule has 2 N–H and O–H groups in total. The predicted molar refractivity (Wildman–Crippen MR) is 87.3 cm³/mol. The molecule has 1 aliphatic rings. The van der Waals surface area contributed by atoms with Crippen LogP contribution >= 0.6 is 0 Å². The maximum Gasteiger partial charge on any atom is 0.137 e. The number of anilines is 1. The van der Waals surface area contributed by atoms with Crippen LogP contribution in [0, 0.1) is 0 Å². The van der Waals surface area contributed by atoms with Crippen LogP contribution in [0.25, 0.3) is 16.9 Å². The smallest absolute Gasteiger partial charge is 0.137 e. The van der Waals surface area contributed by atoms with Gasteiger partial charge in [0.2, 0.25) is 0 Å². The van der Waals surface area contributed by atoms with Crippen molar-refractivity contribution in [3.63, 3.8) is 0 Å². The molecule has 0 aliphatic carbocycles. The SMILES string of the molecule is Nc1ccc2nc(-c3cccnc3)c(CN3CCCC3)n2c1. The van der Waals surface area contributed by atoms with Crippen molar-refractivity contribution < 1.29 is 0 Å². The van der Waals surface area contributed by atoms with Crippen LogP contribution in [0.2, 0.25) is 0 Å². The highest BCUT2D eigenvalue weighted by atomic mass is 15.2. The summed E-state index contributed by atoms with van der Waals surface area (Å²) in [5.74, 6) is 0. The maximum absolute atomic E-state index is 5.97. The summed E-state index contributed by atoms with van der Waals surface area (Å²) < 4.78 is 2.12. The Morgan fingerprint density at radius 2 is 2.00 bits per heavy atom. The number of hydrogen-bond acceptors (Lipinski definition) is 4. The summed E-state index contributed by atoms with van der Waals surface area (Å²) in [5.41, 5.74) is 10.9. The molecule has 0 radical (unpaired) electrons. The third kappa shape index (κ3) is 2.33. The second kappa shape index (κ2) is 5.42. The number of nitrogens with two attached hydrogens (primary N) is 1. The van der Waals surface area contributed by atoms with Crippen molar-refractivity contribution in [2.24, 2.45) is 0 Å². The fourth-order valence-electron chi connectivity index (χ4n) is 3.15. The van der Waals surface area contributed by atoms with Crippen molar-refractivity contribution in [3.8, 4) is 11.3 Å². The molecule has 5 heteroatoms. The molecular weight excluding hydrogens is 274 g/mol. The summed E-state index contributed by atoms with van der Waals surface area (Å²) in [6, 6.07) is 7.89. The third-order valence-electron chi connectivity index (χ3n) is 4.25. The molecule has 5 nitrogen and oxygen atoms in total. The first-order chi connectivity index (χ1) is 10.8. The molecule has 4 heterocycles. The first-order valence-corrected chi connectivity index (χ1v) is 7.70. The van der Waals surface area contributed by atoms with Gasteiger partial charge in [0, 0.05) is 36.4 Å². The molecule has 0 atom stereocenters. The van der Waals surface area contributed by atoms with Gasteiger partial charge < -0.3 is 10.1 Å². The van der Waals surface area contributed by atoms with Crippen molar-refractivity contribution >= 4 is 11.3 Å². The number of rotatable bonds is 3. The van der Waals surface area contributed by atoms with Gasteiger partial charge in [0.15, 0.2) is 0 Å². The van der Waals surface area contributed by atoms with E-state index in [1.807, 2.05) is 30.6 Å². The first kappa shape index (κ1) is 13.3. The standard InChI is InChI=1S/C17H19N5/c18-14-5-6-16-20-17(13-4-3-7-19-10-13)15(22(16)11-14)12-21-8-1-2-9-21/h3-7,10-11H,1-2,8-9,12,18H2. The van der Waals surface area contributed by atoms with E-state index >= 15 is 0 Å². The second-order valence-corrected chi connectivity index (χ2v) is 5.82. The fourth-order valence-corrected chi connectivity index (χ4v) is 3.15. The van der Waals surface area contributed by atoms with Gasteiger partial charge >= 0.3 is 0 Å². The van der Waals surface area contributed by atoms with Gasteiger partial charge in [0.1, 0.15) is 5.65 Å². The van der Waals surface area contributed by atoms with Crippen molar-refractivity contribution in [1.82, 2.24) is 19.3 Å². The minimum atomic E-state index is 0.755. The largest absolute Gasteiger partial charge is 0.398 e. The molecule has 1 saturated heterocycles. The Hall–Kier alpha value is -2.40. The number of imidazole rings is 1. The molecule has 0 bridgehead atoms. The van der Waals surface area contributed by atoms with Gasteiger partial charge in [-0.05, 0) is 50.2 Å². The van der Waals surface area contributed by atoms with Crippen molar-refractivity contribution in [2.75, 3.05) is 18.8 Å². The Kier molecular flexibility index (Phi) is 3.27. The van der Waals surface area contributed by atoms with Crippen LogP contribution in [-0.2, 0) is 6.54 Å². The van der Waals surface area contributed by atoms with E-state index in [-0.39, 0.29) is 0 Å². The number of fused-ring (bicyclic) bond motifs is 1. The minimum absolute atomic E-state index is 0.755. The average Bonchev–Trinajstić information content (AvgIpc) is 3.17. The number of aromatic nitrogens is 3. The number of hydrogen-bond donors (Lipinski definition) is 1. The molecule has 0 aromatic carbocycles. The van der Waals surface area contributed by atoms with Crippen LogP contribution in [0.5, 0.6) is 0 Å². The lowest BCUT2D eigenvalue weighted by Crippen LogP contribution is -2.20. The zero-order valence-electron chi connectivity index (χ0n) is 12.4. The molecule has 0 saturated carbocycles. The summed E-state index contributed by atoms with van der Waals surface area (Å²) in [6.45, 7) is 3.21. The quantitative estimate of drug-likeness (QED) is 0.806. The Morgan fingerprint density at radius 1 is 1.14 bits per heavy atom. The van der Waals surface area contributed by atoms with Crippen LogP contribution in [0.1, 0.15) is 18.5 Å². The summed E-state index contributed by atoms with van der Waals surface area (Å²) in [5, 5.41) is 0. The fraction of sp³-hybridized carbons (Fsp3) is 0.294. The summed E-state index contributed by atoms with van der Waals surface area (Å²) in [4.78, 5) is 11.5. The average molecular weight is 293 g/mol. The van der Waals surface area contributed by atoms with E-state index in [4.69, 9.17) is 10.7 Å². The predicted octanol–water partition coefficient (Wildman–Crippen LogP) is 2.57. The van der Waals surface area contributed by atoms with Gasteiger partial charge in [-0.25, -0.2) is 4.98 Å². The Labute approximate surface area is 129 Å². The molecule has 1 fully saturated rings. The van der Waals surface area contributed by atoms with Crippen LogP contribution in [0.4, 0.5) is 5.69 Å². The van der Waals surface area contributed by atoms with E-state index in [0.29, 0.717) is 0 Å². The third-order valence-corrected chi connectivity index (χ3v) is 4.25. The lowest BCUT2D eigenvalue weighted by Gasteiger charge is -2.15. The second-order valence-electron chi connectivity index (χ2n) is 5.82. The van der Waals surface area contributed by atoms with Crippen molar-refractivity contribution in [3.05, 3.63) is 48.5 Å². The number of nitrogen functional groups attached to an aromatic ring is 1. The Balaban J connectivity index is 1.86. The van der Waals surface area contributed by atoms with Crippen LogP contribution in [0.3, 0.4) is 0 Å². The monoisotopic (exact) mass is 293 g/mol. The number of nitrogens with zero attached hydrogens (tertiary/aromatic N) is 4. The highest BCUT2D eigenvalue weighted by molar-refractivity contribution is 5.66. The molecule has 22 heavy (non-hydrogen) atoms. The number of likely N-dealkylation sites (tertiary alicyclic amines) is 1. The highest BCUT2D eigenvalue weighted by Crippen LogP contribution is 2.26. The van der Waals surface area contributed by atoms with Crippen molar-refractivity contribution in [1.29, 1.82) is 0 Å². The van der Waals surface area contributed by atoms with Gasteiger partial charge in [-0.15, -0.1) is 0 Å². The molecule has 3 aromatic heterocycles. The van der Waals surface area contributed by atoms with Crippen molar-refractivity contribution in [2.45, 2.75) is 19.4 Å². The summed E-state index contributed by atoms with van der Waals surface area (Å²) in [7, 11) is 0. The summed E-state index contributed by atoms with van der Waals surface area (Å²) in [6.07, 6.45) is 8.19. The molecule has 4 rings (SSSR count). The van der Waals surface area contributed by atoms with Gasteiger partial charge in [-0.2, -0.15) is 0 Å². The molecule has 3 aromatic rings. The van der Waals surface area contributed by atoms with Crippen LogP contribution < -0.4 is 5.73 Å². The minimum Gasteiger partial charge on any atom is -0.398 e. The highest BCUT2D eigenvalue weighted by Gasteiger charge is 2.19. The topological polar surface area (TPSA) is 59.5 Å². The normalized spacial score (nSPS) is 15.6. The maximum atomic E-state index is 5.97. The van der Waals surface area contributed by atoms with E-state index < -0.39 is 0 Å². The first-order valence-electron chi connectivity index (χ1n) is 7.70. The zero-order chi connectivity index (χ0) is 14.9. The van der Waals surface area contributed by atoms with E-state index in [2.05, 4.69) is 20.4 Å². The molecule has 112 valence electrons. The Bertz CT molecular complexity index is 787. The van der Waals surface area contributed by atoms with E-state index in [9.17, 15) is 0 Å². The zero-order valence-corrected chi connectivity index (χ0v) is 12.4. The Morgan fingerprint density at radius 3 is 2.77 bits per heavy atom. The lowest BCUT2D eigenvalue weighted by molar-refractivity contribution is 0.327. The lowest BCUT2D eigenvalue weighted by atomic mass is 10.1. The molecular formula is C17H19N5. The molecule has 0 unspecified atom stereocenters. The van der Waals surface area contributed by atoms with E-state index in [0.717, 1.165) is 42.2 Å².